The van der Waals surface area contributed by atoms with Crippen LogP contribution < -0.4 is 34.1 Å². The summed E-state index contributed by atoms with van der Waals surface area (Å²) < 4.78 is 24.4. The summed E-state index contributed by atoms with van der Waals surface area (Å²) in [5.41, 5.74) is -5.90. The smallest absolute Gasteiger partial charge is 0.336 e. The van der Waals surface area contributed by atoms with Crippen LogP contribution in [0.5, 0.6) is 0 Å². The van der Waals surface area contributed by atoms with E-state index in [0.29, 0.717) is 31.3 Å². The Labute approximate surface area is 280 Å². The number of esters is 2. The quantitative estimate of drug-likeness (QED) is 0.0690. The Balaban J connectivity index is 2.08. The average molecular weight is 699 g/mol. The number of aliphatic hydroxyl groups excluding tert-OH is 1. The summed E-state index contributed by atoms with van der Waals surface area (Å²) in [6.07, 6.45) is 4.89. The van der Waals surface area contributed by atoms with Gasteiger partial charge in [0.1, 0.15) is 6.61 Å². The predicted molar refractivity (Wildman–Crippen MR) is 174 cm³/mol. The lowest BCUT2D eigenvalue weighted by Gasteiger charge is -2.14. The second kappa shape index (κ2) is 21.4. The van der Waals surface area contributed by atoms with Gasteiger partial charge in [0.05, 0.1) is 58.8 Å². The Morgan fingerprint density at radius 1 is 0.551 bits per heavy atom. The molecule has 2 heterocycles. The van der Waals surface area contributed by atoms with Gasteiger partial charge >= 0.3 is 46.1 Å². The number of carbonyl (C=O) groups is 2. The van der Waals surface area contributed by atoms with Gasteiger partial charge in [0, 0.05) is 33.9 Å². The molecule has 19 nitrogen and oxygen atoms in total. The fourth-order valence-corrected chi connectivity index (χ4v) is 4.76. The van der Waals surface area contributed by atoms with Crippen LogP contribution in [0.25, 0.3) is 0 Å². The highest BCUT2D eigenvalue weighted by atomic mass is 16.5. The summed E-state index contributed by atoms with van der Waals surface area (Å²) in [5.74, 6) is -1.53. The number of aliphatic hydroxyl groups is 1. The van der Waals surface area contributed by atoms with Crippen molar-refractivity contribution in [3.8, 4) is 0 Å². The Kier molecular flexibility index (Phi) is 17.7. The van der Waals surface area contributed by atoms with E-state index in [1.165, 1.54) is 13.2 Å². The minimum absolute atomic E-state index is 0.0108. The van der Waals surface area contributed by atoms with Crippen LogP contribution in [0, 0.1) is 0 Å². The first-order chi connectivity index (χ1) is 23.5. The van der Waals surface area contributed by atoms with E-state index in [0.717, 1.165) is 34.8 Å². The van der Waals surface area contributed by atoms with Crippen LogP contribution in [-0.2, 0) is 67.8 Å². The Hall–Kier alpha value is -4.62. The summed E-state index contributed by atoms with van der Waals surface area (Å²) in [5, 5.41) is 9.26. The second-order valence-corrected chi connectivity index (χ2v) is 10.8. The first-order valence-corrected chi connectivity index (χ1v) is 15.9. The summed E-state index contributed by atoms with van der Waals surface area (Å²) in [6, 6.07) is 0. The highest BCUT2D eigenvalue weighted by Gasteiger charge is 2.19. The van der Waals surface area contributed by atoms with Gasteiger partial charge < -0.3 is 24.1 Å². The summed E-state index contributed by atoms with van der Waals surface area (Å²) in [4.78, 5) is 102. The minimum Gasteiger partial charge on any atom is -0.466 e. The lowest BCUT2D eigenvalue weighted by Crippen LogP contribution is -2.55. The highest BCUT2D eigenvalue weighted by molar-refractivity contribution is 5.69. The van der Waals surface area contributed by atoms with Crippen molar-refractivity contribution in [2.75, 3.05) is 47.3 Å². The average Bonchev–Trinajstić information content (AvgIpc) is 3.07. The molecule has 0 radical (unpaired) electrons. The van der Waals surface area contributed by atoms with Crippen LogP contribution in [0.3, 0.4) is 0 Å². The molecule has 2 aromatic rings. The third-order valence-electron chi connectivity index (χ3n) is 7.34. The van der Waals surface area contributed by atoms with Gasteiger partial charge in [-0.25, -0.2) is 56.2 Å². The zero-order chi connectivity index (χ0) is 36.3. The molecular formula is C30H46N6O13. The van der Waals surface area contributed by atoms with Crippen LogP contribution in [0.15, 0.2) is 41.4 Å². The molecule has 0 aliphatic rings. The fraction of sp³-hybridized carbons (Fsp3) is 0.667. The van der Waals surface area contributed by atoms with E-state index in [1.54, 1.807) is 7.11 Å². The van der Waals surface area contributed by atoms with Crippen LogP contribution in [0.1, 0.15) is 44.9 Å². The van der Waals surface area contributed by atoms with Gasteiger partial charge in [-0.15, -0.1) is 6.58 Å². The molecular weight excluding hydrogens is 652 g/mol. The van der Waals surface area contributed by atoms with E-state index in [-0.39, 0.29) is 45.8 Å². The third kappa shape index (κ3) is 11.8. The first kappa shape index (κ1) is 40.6. The Morgan fingerprint density at radius 3 is 1.41 bits per heavy atom. The molecule has 0 saturated carbocycles. The van der Waals surface area contributed by atoms with E-state index in [4.69, 9.17) is 18.9 Å². The number of hydrogen-bond donors (Lipinski definition) is 1. The zero-order valence-corrected chi connectivity index (χ0v) is 28.0. The highest BCUT2D eigenvalue weighted by Crippen LogP contribution is 2.04. The van der Waals surface area contributed by atoms with Crippen molar-refractivity contribution in [2.24, 2.45) is 0 Å². The van der Waals surface area contributed by atoms with E-state index in [9.17, 15) is 43.5 Å². The zero-order valence-electron chi connectivity index (χ0n) is 28.0. The van der Waals surface area contributed by atoms with Gasteiger partial charge in [0.2, 0.25) is 0 Å². The lowest BCUT2D eigenvalue weighted by atomic mass is 10.1. The Morgan fingerprint density at radius 2 is 0.939 bits per heavy atom. The van der Waals surface area contributed by atoms with Crippen LogP contribution in [-0.4, -0.2) is 91.7 Å². The molecule has 19 heteroatoms. The lowest BCUT2D eigenvalue weighted by molar-refractivity contribution is -0.145. The Bertz CT molecular complexity index is 1760. The molecule has 49 heavy (non-hydrogen) atoms. The second-order valence-electron chi connectivity index (χ2n) is 10.8. The number of ether oxygens (including phenoxy) is 4. The number of nitrogens with zero attached hydrogens (tertiary/aromatic N) is 6. The molecule has 1 N–H and O–H groups in total. The molecule has 0 unspecified atom stereocenters. The molecule has 0 amide bonds. The van der Waals surface area contributed by atoms with Gasteiger partial charge in [-0.1, -0.05) is 25.3 Å². The minimum atomic E-state index is -1.04. The van der Waals surface area contributed by atoms with Crippen molar-refractivity contribution < 1.29 is 33.6 Å². The number of aromatic nitrogens is 6. The maximum absolute atomic E-state index is 13.1. The molecule has 0 aliphatic carbocycles. The number of rotatable bonds is 24. The van der Waals surface area contributed by atoms with Crippen molar-refractivity contribution in [1.82, 2.24) is 27.4 Å². The maximum Gasteiger partial charge on any atom is 0.336 e. The summed E-state index contributed by atoms with van der Waals surface area (Å²) in [7, 11) is 3.00. The molecule has 0 bridgehead atoms. The third-order valence-corrected chi connectivity index (χ3v) is 7.34. The fourth-order valence-electron chi connectivity index (χ4n) is 4.76. The summed E-state index contributed by atoms with van der Waals surface area (Å²) >= 11 is 0. The number of allylic oxidation sites excluding steroid dienone is 1. The van der Waals surface area contributed by atoms with E-state index in [2.05, 4.69) is 6.58 Å². The largest absolute Gasteiger partial charge is 0.466 e. The van der Waals surface area contributed by atoms with Gasteiger partial charge in [-0.2, -0.15) is 0 Å². The van der Waals surface area contributed by atoms with Gasteiger partial charge in [-0.05, 0) is 12.8 Å². The van der Waals surface area contributed by atoms with Gasteiger partial charge in [-0.3, -0.25) is 9.59 Å². The first-order valence-electron chi connectivity index (χ1n) is 15.9. The molecule has 0 atom stereocenters. The van der Waals surface area contributed by atoms with E-state index < -0.39 is 78.8 Å². The predicted octanol–water partition coefficient (Wildman–Crippen LogP) is -2.35. The summed E-state index contributed by atoms with van der Waals surface area (Å²) in [6.45, 7) is 1.26. The molecule has 0 aromatic carbocycles. The van der Waals surface area contributed by atoms with Gasteiger partial charge in [0.25, 0.3) is 0 Å². The van der Waals surface area contributed by atoms with Crippen LogP contribution in [0.2, 0.25) is 0 Å². The van der Waals surface area contributed by atoms with Crippen LogP contribution in [0.4, 0.5) is 0 Å². The molecule has 0 spiro atoms. The van der Waals surface area contributed by atoms with Crippen molar-refractivity contribution in [1.29, 1.82) is 0 Å². The van der Waals surface area contributed by atoms with Crippen molar-refractivity contribution >= 4 is 11.9 Å². The van der Waals surface area contributed by atoms with Gasteiger partial charge in [0.15, 0.2) is 0 Å². The number of methoxy groups -OCH3 is 2. The molecule has 0 fully saturated rings. The van der Waals surface area contributed by atoms with Crippen LogP contribution >= 0.6 is 0 Å². The number of unbranched alkanes of at least 4 members (excludes halogenated alkanes) is 4. The molecule has 0 aliphatic heterocycles. The normalized spacial score (nSPS) is 11.1. The van der Waals surface area contributed by atoms with Crippen molar-refractivity contribution in [2.45, 2.75) is 84.2 Å². The topological polar surface area (TPSA) is 223 Å². The number of carbonyl (C=O) groups excluding carboxylic acids is 2. The molecule has 2 aromatic heterocycles. The van der Waals surface area contributed by atoms with Crippen molar-refractivity contribution in [3.63, 3.8) is 0 Å². The maximum atomic E-state index is 13.1. The van der Waals surface area contributed by atoms with E-state index in [1.807, 2.05) is 0 Å². The number of hydrogen-bond acceptors (Lipinski definition) is 13. The van der Waals surface area contributed by atoms with E-state index >= 15 is 0 Å². The van der Waals surface area contributed by atoms with Crippen molar-refractivity contribution in [3.05, 3.63) is 75.6 Å². The molecule has 0 saturated heterocycles. The standard InChI is InChI=1S/C30H46N6O13/c1-4-12-31-25(40)32(13-10-23(38)48-20-9-7-5-6-8-19-46-2)27(42)33(26(31)41)14-11-24(39)49-22-17-36-29(44)34(15-18-37)28(43)35(30(36)45)16-21-47-3/h4,37H,1,5-22H2,2-3H3. The monoisotopic (exact) mass is 698 g/mol. The molecule has 274 valence electrons. The molecule has 2 rings (SSSR count). The SMILES string of the molecule is C=CCn1c(=O)n(CCC(=O)OCCCCCCCOC)c(=O)n(CCC(=O)OCCn2c(=O)n(CCO)c(=O)n(CCOC)c2=O)c1=O.